The number of guanidine groups is 1. The van der Waals surface area contributed by atoms with Crippen LogP contribution in [-0.2, 0) is 18.3 Å². The number of aromatic nitrogens is 1. The molecule has 148 valence electrons. The monoisotopic (exact) mass is 385 g/mol. The van der Waals surface area contributed by atoms with E-state index in [0.717, 1.165) is 31.2 Å². The van der Waals surface area contributed by atoms with E-state index < -0.39 is 0 Å². The Morgan fingerprint density at radius 3 is 2.59 bits per heavy atom. The van der Waals surface area contributed by atoms with Gasteiger partial charge in [0, 0.05) is 30.3 Å². The molecule has 5 N–H and O–H groups in total. The largest absolute Gasteiger partial charge is 0.348 e. The molecule has 1 atom stereocenters. The van der Waals surface area contributed by atoms with Gasteiger partial charge in [0.2, 0.25) is 0 Å². The number of anilines is 1. The summed E-state index contributed by atoms with van der Waals surface area (Å²) >= 11 is 0. The van der Waals surface area contributed by atoms with E-state index in [1.165, 1.54) is 27.8 Å². The standard InChI is InChI=1S/C24H27N5/c1-2-26-23-28-21(20-10-11-27-22(20)29-23)16-8-5-9-19(12-16)24(15-25)13-17-6-3-4-7-18(17)14-24/h3-12,21,27H,2,13-15,25H2,1H3,(H2,26,28,29). The first-order valence-electron chi connectivity index (χ1n) is 10.3. The summed E-state index contributed by atoms with van der Waals surface area (Å²) in [6, 6.07) is 19.9. The van der Waals surface area contributed by atoms with Crippen molar-refractivity contribution in [1.29, 1.82) is 0 Å². The van der Waals surface area contributed by atoms with Crippen LogP contribution in [0.25, 0.3) is 0 Å². The maximum Gasteiger partial charge on any atom is 0.197 e. The van der Waals surface area contributed by atoms with Gasteiger partial charge in [0.15, 0.2) is 5.96 Å². The van der Waals surface area contributed by atoms with Crippen LogP contribution < -0.4 is 16.4 Å². The molecule has 0 bridgehead atoms. The third-order valence-corrected chi connectivity index (χ3v) is 6.33. The lowest BCUT2D eigenvalue weighted by Gasteiger charge is -2.31. The molecule has 0 amide bonds. The highest BCUT2D eigenvalue weighted by atomic mass is 15.2. The summed E-state index contributed by atoms with van der Waals surface area (Å²) in [4.78, 5) is 7.84. The Labute approximate surface area is 171 Å². The van der Waals surface area contributed by atoms with Crippen LogP contribution in [0.5, 0.6) is 0 Å². The lowest BCUT2D eigenvalue weighted by atomic mass is 9.77. The van der Waals surface area contributed by atoms with Crippen LogP contribution in [-0.4, -0.2) is 24.0 Å². The Balaban J connectivity index is 1.53. The van der Waals surface area contributed by atoms with E-state index in [0.29, 0.717) is 6.54 Å². The first-order valence-corrected chi connectivity index (χ1v) is 10.3. The number of aliphatic imine (C=N–C) groups is 1. The fraction of sp³-hybridized carbons (Fsp3) is 0.292. The topological polar surface area (TPSA) is 78.2 Å². The zero-order chi connectivity index (χ0) is 19.8. The number of nitrogens with two attached hydrogens (primary N) is 1. The Kier molecular flexibility index (Phi) is 4.40. The van der Waals surface area contributed by atoms with Crippen LogP contribution in [0.4, 0.5) is 5.82 Å². The van der Waals surface area contributed by atoms with Crippen molar-refractivity contribution >= 4 is 11.8 Å². The molecule has 0 saturated heterocycles. The summed E-state index contributed by atoms with van der Waals surface area (Å²) in [5, 5.41) is 6.91. The van der Waals surface area contributed by atoms with Gasteiger partial charge in [-0.25, -0.2) is 0 Å². The number of aromatic amines is 1. The van der Waals surface area contributed by atoms with Crippen molar-refractivity contribution in [3.63, 3.8) is 0 Å². The average Bonchev–Trinajstić information content (AvgIpc) is 3.38. The molecule has 1 aliphatic carbocycles. The number of hydrogen-bond donors (Lipinski definition) is 4. The predicted molar refractivity (Wildman–Crippen MR) is 118 cm³/mol. The molecule has 5 rings (SSSR count). The van der Waals surface area contributed by atoms with Crippen molar-refractivity contribution in [3.05, 3.63) is 88.6 Å². The molecule has 0 fully saturated rings. The van der Waals surface area contributed by atoms with Gasteiger partial charge < -0.3 is 21.4 Å². The highest BCUT2D eigenvalue weighted by molar-refractivity contribution is 5.96. The SMILES string of the molecule is CCN=C1Nc2[nH]ccc2C(c2cccc(C3(CN)Cc4ccccc4C3)c2)N1. The smallest absolute Gasteiger partial charge is 0.197 e. The van der Waals surface area contributed by atoms with Gasteiger partial charge in [0.05, 0.1) is 6.04 Å². The van der Waals surface area contributed by atoms with Gasteiger partial charge in [-0.05, 0) is 48.1 Å². The maximum atomic E-state index is 6.38. The molecule has 2 heterocycles. The highest BCUT2D eigenvalue weighted by Crippen LogP contribution is 2.40. The molecule has 5 nitrogen and oxygen atoms in total. The fourth-order valence-electron chi connectivity index (χ4n) is 4.81. The van der Waals surface area contributed by atoms with Gasteiger partial charge in [-0.3, -0.25) is 4.99 Å². The number of nitrogens with zero attached hydrogens (tertiary/aromatic N) is 1. The van der Waals surface area contributed by atoms with Crippen molar-refractivity contribution in [2.45, 2.75) is 31.2 Å². The van der Waals surface area contributed by atoms with Crippen LogP contribution >= 0.6 is 0 Å². The molecule has 5 heteroatoms. The molecule has 0 radical (unpaired) electrons. The molecule has 2 aromatic carbocycles. The van der Waals surface area contributed by atoms with Crippen LogP contribution in [0.1, 0.15) is 40.8 Å². The molecule has 1 unspecified atom stereocenters. The Morgan fingerprint density at radius 1 is 1.07 bits per heavy atom. The summed E-state index contributed by atoms with van der Waals surface area (Å²) in [6.07, 6.45) is 3.97. The zero-order valence-electron chi connectivity index (χ0n) is 16.7. The van der Waals surface area contributed by atoms with Crippen molar-refractivity contribution in [3.8, 4) is 0 Å². The normalized spacial score (nSPS) is 20.6. The molecule has 1 aliphatic heterocycles. The second-order valence-corrected chi connectivity index (χ2v) is 8.07. The number of fused-ring (bicyclic) bond motifs is 2. The first-order chi connectivity index (χ1) is 14.2. The fourth-order valence-corrected chi connectivity index (χ4v) is 4.81. The van der Waals surface area contributed by atoms with E-state index in [4.69, 9.17) is 5.73 Å². The van der Waals surface area contributed by atoms with Crippen molar-refractivity contribution in [2.24, 2.45) is 10.7 Å². The van der Waals surface area contributed by atoms with Gasteiger partial charge >= 0.3 is 0 Å². The minimum absolute atomic E-state index is 0.0338. The van der Waals surface area contributed by atoms with E-state index in [2.05, 4.69) is 75.2 Å². The average molecular weight is 386 g/mol. The molecule has 3 aromatic rings. The van der Waals surface area contributed by atoms with E-state index in [1.807, 2.05) is 13.1 Å². The van der Waals surface area contributed by atoms with Gasteiger partial charge in [-0.1, -0.05) is 48.5 Å². The third-order valence-electron chi connectivity index (χ3n) is 6.33. The van der Waals surface area contributed by atoms with Crippen LogP contribution in [0, 0.1) is 0 Å². The summed E-state index contributed by atoms with van der Waals surface area (Å²) in [5.41, 5.74) is 13.0. The summed E-state index contributed by atoms with van der Waals surface area (Å²) < 4.78 is 0. The first kappa shape index (κ1) is 18.0. The minimum atomic E-state index is -0.0338. The quantitative estimate of drug-likeness (QED) is 0.555. The van der Waals surface area contributed by atoms with Crippen LogP contribution in [0.15, 0.2) is 65.8 Å². The molecule has 2 aliphatic rings. The van der Waals surface area contributed by atoms with Crippen LogP contribution in [0.3, 0.4) is 0 Å². The van der Waals surface area contributed by atoms with Gasteiger partial charge in [-0.2, -0.15) is 0 Å². The molecule has 29 heavy (non-hydrogen) atoms. The van der Waals surface area contributed by atoms with E-state index in [9.17, 15) is 0 Å². The number of benzene rings is 2. The molecular formula is C24H27N5. The highest BCUT2D eigenvalue weighted by Gasteiger charge is 2.38. The number of rotatable bonds is 4. The van der Waals surface area contributed by atoms with E-state index >= 15 is 0 Å². The number of nitrogens with one attached hydrogen (secondary N) is 3. The lowest BCUT2D eigenvalue weighted by molar-refractivity contribution is 0.463. The number of hydrogen-bond acceptors (Lipinski definition) is 2. The third kappa shape index (κ3) is 3.02. The van der Waals surface area contributed by atoms with Crippen molar-refractivity contribution < 1.29 is 0 Å². The minimum Gasteiger partial charge on any atom is -0.348 e. The summed E-state index contributed by atoms with van der Waals surface area (Å²) in [5.74, 6) is 1.81. The van der Waals surface area contributed by atoms with Crippen molar-refractivity contribution in [1.82, 2.24) is 10.3 Å². The second-order valence-electron chi connectivity index (χ2n) is 8.07. The maximum absolute atomic E-state index is 6.38. The van der Waals surface area contributed by atoms with Crippen LogP contribution in [0.2, 0.25) is 0 Å². The predicted octanol–water partition coefficient (Wildman–Crippen LogP) is 3.49. The van der Waals surface area contributed by atoms with Gasteiger partial charge in [-0.15, -0.1) is 0 Å². The summed E-state index contributed by atoms with van der Waals surface area (Å²) in [7, 11) is 0. The van der Waals surface area contributed by atoms with E-state index in [-0.39, 0.29) is 11.5 Å². The van der Waals surface area contributed by atoms with Crippen molar-refractivity contribution in [2.75, 3.05) is 18.4 Å². The molecule has 0 saturated carbocycles. The Hall–Kier alpha value is -3.05. The second kappa shape index (κ2) is 7.08. The molecule has 1 aromatic heterocycles. The molecule has 0 spiro atoms. The molecular weight excluding hydrogens is 358 g/mol. The Morgan fingerprint density at radius 2 is 1.86 bits per heavy atom. The van der Waals surface area contributed by atoms with E-state index in [1.54, 1.807) is 0 Å². The summed E-state index contributed by atoms with van der Waals surface area (Å²) in [6.45, 7) is 3.41. The zero-order valence-corrected chi connectivity index (χ0v) is 16.7. The van der Waals surface area contributed by atoms with Gasteiger partial charge in [0.1, 0.15) is 5.82 Å². The van der Waals surface area contributed by atoms with Gasteiger partial charge in [0.25, 0.3) is 0 Å². The Bertz CT molecular complexity index is 1040. The lowest BCUT2D eigenvalue weighted by Crippen LogP contribution is -2.40. The number of H-pyrrole nitrogens is 1.